The van der Waals surface area contributed by atoms with E-state index in [-0.39, 0.29) is 0 Å². The second-order valence-corrected chi connectivity index (χ2v) is 5.07. The Morgan fingerprint density at radius 1 is 1.35 bits per heavy atom. The predicted octanol–water partition coefficient (Wildman–Crippen LogP) is 1.42. The maximum atomic E-state index is 5.30. The summed E-state index contributed by atoms with van der Waals surface area (Å²) in [4.78, 5) is 2.53. The van der Waals surface area contributed by atoms with Gasteiger partial charge in [-0.15, -0.1) is 0 Å². The minimum absolute atomic E-state index is 0.606. The van der Waals surface area contributed by atoms with Crippen LogP contribution in [0.1, 0.15) is 17.5 Å². The summed E-state index contributed by atoms with van der Waals surface area (Å²) in [7, 11) is 1.74. The highest BCUT2D eigenvalue weighted by Crippen LogP contribution is 2.23. The molecule has 0 bridgehead atoms. The fourth-order valence-corrected chi connectivity index (χ4v) is 2.69. The monoisotopic (exact) mass is 232 g/mol. The van der Waals surface area contributed by atoms with Crippen LogP contribution in [-0.2, 0) is 13.0 Å². The van der Waals surface area contributed by atoms with Crippen molar-refractivity contribution in [2.75, 3.05) is 26.7 Å². The summed E-state index contributed by atoms with van der Waals surface area (Å²) in [5.41, 5.74) is 2.87. The summed E-state index contributed by atoms with van der Waals surface area (Å²) in [6.45, 7) is 4.75. The summed E-state index contributed by atoms with van der Waals surface area (Å²) < 4.78 is 5.30. The van der Waals surface area contributed by atoms with Crippen LogP contribution in [0.25, 0.3) is 0 Å². The van der Waals surface area contributed by atoms with E-state index in [2.05, 4.69) is 28.4 Å². The smallest absolute Gasteiger partial charge is 0.119 e. The molecule has 1 saturated heterocycles. The maximum Gasteiger partial charge on any atom is 0.119 e. The summed E-state index contributed by atoms with van der Waals surface area (Å²) in [5.74, 6) is 0.980. The number of benzene rings is 1. The molecule has 0 aromatic heterocycles. The Bertz CT molecular complexity index is 401. The third-order valence-corrected chi connectivity index (χ3v) is 3.89. The minimum atomic E-state index is 0.606. The Morgan fingerprint density at radius 3 is 2.94 bits per heavy atom. The molecule has 2 aliphatic heterocycles. The first-order valence-corrected chi connectivity index (χ1v) is 6.46. The van der Waals surface area contributed by atoms with Gasteiger partial charge in [0, 0.05) is 19.1 Å². The van der Waals surface area contributed by atoms with Crippen LogP contribution in [0.5, 0.6) is 5.75 Å². The highest BCUT2D eigenvalue weighted by atomic mass is 16.5. The molecule has 1 aromatic carbocycles. The Morgan fingerprint density at radius 2 is 2.24 bits per heavy atom. The van der Waals surface area contributed by atoms with Gasteiger partial charge in [-0.2, -0.15) is 0 Å². The quantitative estimate of drug-likeness (QED) is 0.853. The van der Waals surface area contributed by atoms with Gasteiger partial charge in [-0.1, -0.05) is 6.07 Å². The van der Waals surface area contributed by atoms with Gasteiger partial charge >= 0.3 is 0 Å². The number of nitrogens with one attached hydrogen (secondary N) is 1. The molecule has 1 atom stereocenters. The maximum absolute atomic E-state index is 5.30. The molecule has 0 radical (unpaired) electrons. The molecule has 3 nitrogen and oxygen atoms in total. The van der Waals surface area contributed by atoms with Gasteiger partial charge < -0.3 is 15.0 Å². The SMILES string of the molecule is COc1ccc2c(c1)CC(CN1CCC1)NC2. The topological polar surface area (TPSA) is 24.5 Å². The lowest BCUT2D eigenvalue weighted by Gasteiger charge is -2.36. The van der Waals surface area contributed by atoms with E-state index in [1.165, 1.54) is 37.2 Å². The lowest BCUT2D eigenvalue weighted by molar-refractivity contribution is 0.158. The van der Waals surface area contributed by atoms with Gasteiger partial charge in [-0.05, 0) is 49.2 Å². The van der Waals surface area contributed by atoms with Crippen LogP contribution in [0.2, 0.25) is 0 Å². The number of rotatable bonds is 3. The van der Waals surface area contributed by atoms with Crippen molar-refractivity contribution in [2.24, 2.45) is 0 Å². The molecule has 0 saturated carbocycles. The summed E-state index contributed by atoms with van der Waals surface area (Å²) in [6.07, 6.45) is 2.50. The molecule has 1 fully saturated rings. The van der Waals surface area contributed by atoms with Crippen molar-refractivity contribution >= 4 is 0 Å². The first-order valence-electron chi connectivity index (χ1n) is 6.46. The van der Waals surface area contributed by atoms with Crippen LogP contribution in [0.4, 0.5) is 0 Å². The summed E-state index contributed by atoms with van der Waals surface area (Å²) in [5, 5.41) is 3.63. The zero-order valence-corrected chi connectivity index (χ0v) is 10.4. The van der Waals surface area contributed by atoms with Crippen molar-refractivity contribution in [3.63, 3.8) is 0 Å². The van der Waals surface area contributed by atoms with Crippen LogP contribution in [0.3, 0.4) is 0 Å². The first kappa shape index (κ1) is 11.1. The molecule has 0 amide bonds. The lowest BCUT2D eigenvalue weighted by atomic mass is 9.95. The molecule has 0 spiro atoms. The third kappa shape index (κ3) is 2.31. The molecule has 92 valence electrons. The molecule has 1 N–H and O–H groups in total. The molecule has 3 rings (SSSR count). The first-order chi connectivity index (χ1) is 8.35. The largest absolute Gasteiger partial charge is 0.497 e. The van der Waals surface area contributed by atoms with Gasteiger partial charge in [0.25, 0.3) is 0 Å². The van der Waals surface area contributed by atoms with Crippen LogP contribution in [-0.4, -0.2) is 37.7 Å². The van der Waals surface area contributed by atoms with Gasteiger partial charge in [-0.25, -0.2) is 0 Å². The van der Waals surface area contributed by atoms with Crippen molar-refractivity contribution in [2.45, 2.75) is 25.4 Å². The van der Waals surface area contributed by atoms with Crippen molar-refractivity contribution in [1.29, 1.82) is 0 Å². The van der Waals surface area contributed by atoms with Crippen molar-refractivity contribution in [3.05, 3.63) is 29.3 Å². The lowest BCUT2D eigenvalue weighted by Crippen LogP contribution is -2.49. The fourth-order valence-electron chi connectivity index (χ4n) is 2.69. The van der Waals surface area contributed by atoms with E-state index in [0.29, 0.717) is 6.04 Å². The van der Waals surface area contributed by atoms with E-state index in [0.717, 1.165) is 18.7 Å². The molecule has 3 heteroatoms. The molecular formula is C14H20N2O. The van der Waals surface area contributed by atoms with Gasteiger partial charge in [0.15, 0.2) is 0 Å². The minimum Gasteiger partial charge on any atom is -0.497 e. The normalized spacial score (nSPS) is 23.9. The molecule has 1 aromatic rings. The number of fused-ring (bicyclic) bond motifs is 1. The zero-order chi connectivity index (χ0) is 11.7. The van der Waals surface area contributed by atoms with Gasteiger partial charge in [0.05, 0.1) is 7.11 Å². The molecular weight excluding hydrogens is 212 g/mol. The van der Waals surface area contributed by atoms with E-state index in [9.17, 15) is 0 Å². The van der Waals surface area contributed by atoms with Crippen molar-refractivity contribution < 1.29 is 4.74 Å². The average molecular weight is 232 g/mol. The second kappa shape index (κ2) is 4.67. The van der Waals surface area contributed by atoms with Crippen molar-refractivity contribution in [1.82, 2.24) is 10.2 Å². The number of hydrogen-bond acceptors (Lipinski definition) is 3. The molecule has 2 aliphatic rings. The Balaban J connectivity index is 1.69. The Kier molecular flexibility index (Phi) is 3.04. The van der Waals surface area contributed by atoms with Crippen LogP contribution in [0.15, 0.2) is 18.2 Å². The van der Waals surface area contributed by atoms with E-state index < -0.39 is 0 Å². The second-order valence-electron chi connectivity index (χ2n) is 5.07. The number of ether oxygens (including phenoxy) is 1. The number of nitrogens with zero attached hydrogens (tertiary/aromatic N) is 1. The van der Waals surface area contributed by atoms with Crippen molar-refractivity contribution in [3.8, 4) is 5.75 Å². The highest BCUT2D eigenvalue weighted by molar-refractivity contribution is 5.37. The van der Waals surface area contributed by atoms with E-state index in [4.69, 9.17) is 4.74 Å². The zero-order valence-electron chi connectivity index (χ0n) is 10.4. The van der Waals surface area contributed by atoms with Gasteiger partial charge in [-0.3, -0.25) is 0 Å². The number of likely N-dealkylation sites (tertiary alicyclic amines) is 1. The summed E-state index contributed by atoms with van der Waals surface area (Å²) >= 11 is 0. The Labute approximate surface area is 103 Å². The molecule has 0 aliphatic carbocycles. The number of hydrogen-bond donors (Lipinski definition) is 1. The van der Waals surface area contributed by atoms with E-state index in [1.54, 1.807) is 7.11 Å². The van der Waals surface area contributed by atoms with E-state index >= 15 is 0 Å². The van der Waals surface area contributed by atoms with E-state index in [1.807, 2.05) is 0 Å². The summed E-state index contributed by atoms with van der Waals surface area (Å²) in [6, 6.07) is 7.03. The molecule has 2 heterocycles. The van der Waals surface area contributed by atoms with Crippen LogP contribution >= 0.6 is 0 Å². The van der Waals surface area contributed by atoms with Gasteiger partial charge in [0.1, 0.15) is 5.75 Å². The third-order valence-electron chi connectivity index (χ3n) is 3.89. The predicted molar refractivity (Wildman–Crippen MR) is 68.4 cm³/mol. The average Bonchev–Trinajstić information content (AvgIpc) is 2.33. The molecule has 17 heavy (non-hydrogen) atoms. The van der Waals surface area contributed by atoms with Crippen LogP contribution < -0.4 is 10.1 Å². The molecule has 1 unspecified atom stereocenters. The standard InChI is InChI=1S/C14H20N2O/c1-17-14-4-3-11-9-15-13(7-12(11)8-14)10-16-5-2-6-16/h3-4,8,13,15H,2,5-7,9-10H2,1H3. The highest BCUT2D eigenvalue weighted by Gasteiger charge is 2.23. The Hall–Kier alpha value is -1.06. The number of methoxy groups -OCH3 is 1. The van der Waals surface area contributed by atoms with Gasteiger partial charge in [0.2, 0.25) is 0 Å². The fraction of sp³-hybridized carbons (Fsp3) is 0.571. The van der Waals surface area contributed by atoms with Crippen LogP contribution in [0, 0.1) is 0 Å².